The number of hydrogen-bond acceptors (Lipinski definition) is 4. The maximum atomic E-state index is 11.6. The summed E-state index contributed by atoms with van der Waals surface area (Å²) in [5, 5.41) is 0. The number of hydrogen-bond donors (Lipinski definition) is 0. The number of unbranched alkanes of at least 4 members (excludes halogenated alkanes) is 1. The van der Waals surface area contributed by atoms with E-state index in [1.807, 2.05) is 25.1 Å². The molecule has 5 heteroatoms. The first-order valence-electron chi connectivity index (χ1n) is 6.97. The maximum absolute atomic E-state index is 11.6. The molecule has 21 heavy (non-hydrogen) atoms. The van der Waals surface area contributed by atoms with Crippen LogP contribution in [0.25, 0.3) is 6.08 Å². The fourth-order valence-electron chi connectivity index (χ4n) is 1.61. The van der Waals surface area contributed by atoms with Crippen LogP contribution in [0.15, 0.2) is 24.0 Å². The summed E-state index contributed by atoms with van der Waals surface area (Å²) in [6, 6.07) is 5.77. The summed E-state index contributed by atoms with van der Waals surface area (Å²) in [6.45, 7) is 5.04. The van der Waals surface area contributed by atoms with Crippen LogP contribution in [0.4, 0.5) is 0 Å². The van der Waals surface area contributed by atoms with Crippen LogP contribution in [0.1, 0.15) is 32.3 Å². The fraction of sp³-hybridized carbons (Fsp3) is 0.438. The van der Waals surface area contributed by atoms with E-state index in [1.54, 1.807) is 6.08 Å². The van der Waals surface area contributed by atoms with Crippen LogP contribution in [-0.4, -0.2) is 26.3 Å². The fourth-order valence-corrected chi connectivity index (χ4v) is 2.10. The van der Waals surface area contributed by atoms with Gasteiger partial charge in [0.15, 0.2) is 0 Å². The minimum atomic E-state index is -0.483. The predicted octanol–water partition coefficient (Wildman–Crippen LogP) is 4.02. The van der Waals surface area contributed by atoms with Crippen LogP contribution in [0.5, 0.6) is 5.75 Å². The van der Waals surface area contributed by atoms with Gasteiger partial charge in [0.1, 0.15) is 5.75 Å². The van der Waals surface area contributed by atoms with Crippen molar-refractivity contribution in [2.24, 2.45) is 0 Å². The average molecular weight is 404 g/mol. The number of carbonyl (C=O) groups is 1. The van der Waals surface area contributed by atoms with Crippen LogP contribution in [0.2, 0.25) is 0 Å². The summed E-state index contributed by atoms with van der Waals surface area (Å²) >= 11 is 2.23. The topological polar surface area (TPSA) is 44.8 Å². The zero-order valence-electron chi connectivity index (χ0n) is 12.6. The molecule has 0 fully saturated rings. The number of benzene rings is 1. The standard InChI is InChI=1S/C16H21IO4/c1-4-6-9-21-14-10-12(7-8-13(14)17)11-15(20-5-2)16(18)19-3/h7-8,10-11H,4-6,9H2,1-3H3/b15-11-. The van der Waals surface area contributed by atoms with Crippen LogP contribution in [0.3, 0.4) is 0 Å². The van der Waals surface area contributed by atoms with E-state index in [1.165, 1.54) is 7.11 Å². The Kier molecular flexibility index (Phi) is 8.19. The van der Waals surface area contributed by atoms with E-state index in [0.29, 0.717) is 13.2 Å². The summed E-state index contributed by atoms with van der Waals surface area (Å²) < 4.78 is 16.8. The average Bonchev–Trinajstić information content (AvgIpc) is 2.49. The van der Waals surface area contributed by atoms with Crippen molar-refractivity contribution < 1.29 is 19.0 Å². The molecule has 0 aliphatic carbocycles. The molecule has 0 heterocycles. The summed E-state index contributed by atoms with van der Waals surface area (Å²) in [6.07, 6.45) is 3.77. The van der Waals surface area contributed by atoms with Gasteiger partial charge in [0.05, 0.1) is 23.9 Å². The molecule has 0 bridgehead atoms. The molecule has 1 rings (SSSR count). The first-order chi connectivity index (χ1) is 10.1. The molecule has 0 unspecified atom stereocenters. The largest absolute Gasteiger partial charge is 0.492 e. The van der Waals surface area contributed by atoms with Gasteiger partial charge in [-0.25, -0.2) is 4.79 Å². The van der Waals surface area contributed by atoms with Gasteiger partial charge < -0.3 is 14.2 Å². The van der Waals surface area contributed by atoms with E-state index in [4.69, 9.17) is 14.2 Å². The van der Waals surface area contributed by atoms with E-state index >= 15 is 0 Å². The molecule has 0 atom stereocenters. The Labute approximate surface area is 139 Å². The zero-order valence-corrected chi connectivity index (χ0v) is 14.8. The van der Waals surface area contributed by atoms with Crippen molar-refractivity contribution in [3.63, 3.8) is 0 Å². The van der Waals surface area contributed by atoms with Gasteiger partial charge in [-0.2, -0.15) is 0 Å². The Hall–Kier alpha value is -1.24. The van der Waals surface area contributed by atoms with Crippen LogP contribution < -0.4 is 4.74 Å². The Balaban J connectivity index is 2.95. The summed E-state index contributed by atoms with van der Waals surface area (Å²) in [5.41, 5.74) is 0.843. The molecule has 4 nitrogen and oxygen atoms in total. The molecule has 0 amide bonds. The molecule has 0 aromatic heterocycles. The Bertz CT molecular complexity index is 497. The number of ether oxygens (including phenoxy) is 3. The van der Waals surface area contributed by atoms with E-state index in [9.17, 15) is 4.79 Å². The second-order valence-electron chi connectivity index (χ2n) is 4.33. The van der Waals surface area contributed by atoms with Gasteiger partial charge in [0, 0.05) is 0 Å². The Morgan fingerprint density at radius 1 is 1.33 bits per heavy atom. The van der Waals surface area contributed by atoms with Gasteiger partial charge in [0.25, 0.3) is 0 Å². The van der Waals surface area contributed by atoms with Gasteiger partial charge in [-0.1, -0.05) is 19.4 Å². The Morgan fingerprint density at radius 3 is 2.71 bits per heavy atom. The molecule has 1 aromatic carbocycles. The van der Waals surface area contributed by atoms with E-state index < -0.39 is 5.97 Å². The molecular weight excluding hydrogens is 383 g/mol. The molecule has 116 valence electrons. The number of methoxy groups -OCH3 is 1. The summed E-state index contributed by atoms with van der Waals surface area (Å²) in [4.78, 5) is 11.6. The molecule has 0 spiro atoms. The zero-order chi connectivity index (χ0) is 15.7. The van der Waals surface area contributed by atoms with Crippen molar-refractivity contribution in [2.45, 2.75) is 26.7 Å². The second kappa shape index (κ2) is 9.65. The van der Waals surface area contributed by atoms with Crippen molar-refractivity contribution >= 4 is 34.6 Å². The lowest BCUT2D eigenvalue weighted by Gasteiger charge is -2.10. The highest BCUT2D eigenvalue weighted by molar-refractivity contribution is 14.1. The van der Waals surface area contributed by atoms with Gasteiger partial charge in [-0.3, -0.25) is 0 Å². The maximum Gasteiger partial charge on any atom is 0.373 e. The van der Waals surface area contributed by atoms with E-state index in [-0.39, 0.29) is 5.76 Å². The third-order valence-electron chi connectivity index (χ3n) is 2.69. The van der Waals surface area contributed by atoms with Crippen molar-refractivity contribution in [3.05, 3.63) is 33.1 Å². The first kappa shape index (κ1) is 17.8. The molecule has 0 saturated heterocycles. The van der Waals surface area contributed by atoms with Gasteiger partial charge in [-0.05, 0) is 59.7 Å². The number of rotatable bonds is 8. The summed E-state index contributed by atoms with van der Waals surface area (Å²) in [7, 11) is 1.34. The highest BCUT2D eigenvalue weighted by Gasteiger charge is 2.11. The second-order valence-corrected chi connectivity index (χ2v) is 5.49. The van der Waals surface area contributed by atoms with Crippen molar-refractivity contribution in [3.8, 4) is 5.75 Å². The third kappa shape index (κ3) is 5.95. The minimum absolute atomic E-state index is 0.195. The van der Waals surface area contributed by atoms with Crippen LogP contribution >= 0.6 is 22.6 Å². The lowest BCUT2D eigenvalue weighted by molar-refractivity contribution is -0.139. The van der Waals surface area contributed by atoms with Gasteiger partial charge in [0.2, 0.25) is 5.76 Å². The lowest BCUT2D eigenvalue weighted by atomic mass is 10.2. The van der Waals surface area contributed by atoms with Gasteiger partial charge >= 0.3 is 5.97 Å². The van der Waals surface area contributed by atoms with Crippen LogP contribution in [0, 0.1) is 3.57 Å². The van der Waals surface area contributed by atoms with Crippen molar-refractivity contribution in [1.82, 2.24) is 0 Å². The predicted molar refractivity (Wildman–Crippen MR) is 91.2 cm³/mol. The smallest absolute Gasteiger partial charge is 0.373 e. The quantitative estimate of drug-likeness (QED) is 0.216. The number of halogens is 1. The lowest BCUT2D eigenvalue weighted by Crippen LogP contribution is -2.08. The first-order valence-corrected chi connectivity index (χ1v) is 8.05. The molecule has 0 saturated carbocycles. The summed E-state index contributed by atoms with van der Waals surface area (Å²) in [5.74, 6) is 0.531. The van der Waals surface area contributed by atoms with Crippen molar-refractivity contribution in [1.29, 1.82) is 0 Å². The monoisotopic (exact) mass is 404 g/mol. The minimum Gasteiger partial charge on any atom is -0.492 e. The molecule has 0 radical (unpaired) electrons. The van der Waals surface area contributed by atoms with Crippen LogP contribution in [-0.2, 0) is 14.3 Å². The third-order valence-corrected chi connectivity index (χ3v) is 3.59. The van der Waals surface area contributed by atoms with E-state index in [2.05, 4.69) is 29.5 Å². The Morgan fingerprint density at radius 2 is 2.10 bits per heavy atom. The molecule has 0 aliphatic rings. The highest BCUT2D eigenvalue weighted by atomic mass is 127. The van der Waals surface area contributed by atoms with Gasteiger partial charge in [-0.15, -0.1) is 0 Å². The molecule has 0 N–H and O–H groups in total. The van der Waals surface area contributed by atoms with E-state index in [0.717, 1.165) is 27.7 Å². The van der Waals surface area contributed by atoms with Crippen molar-refractivity contribution in [2.75, 3.05) is 20.3 Å². The molecular formula is C16H21IO4. The number of esters is 1. The SMILES string of the molecule is CCCCOc1cc(/C=C(\OCC)C(=O)OC)ccc1I. The molecule has 1 aromatic rings. The number of carbonyl (C=O) groups excluding carboxylic acids is 1. The normalized spacial score (nSPS) is 11.1. The molecule has 0 aliphatic heterocycles. The highest BCUT2D eigenvalue weighted by Crippen LogP contribution is 2.24.